The van der Waals surface area contributed by atoms with Crippen LogP contribution in [0.4, 0.5) is 0 Å². The number of benzene rings is 1. The quantitative estimate of drug-likeness (QED) is 0.532. The predicted octanol–water partition coefficient (Wildman–Crippen LogP) is 4.21. The largest absolute Gasteiger partial charge is 0.0726 e. The van der Waals surface area contributed by atoms with Crippen LogP contribution in [0.5, 0.6) is 0 Å². The van der Waals surface area contributed by atoms with Gasteiger partial charge in [-0.3, -0.25) is 0 Å². The molecule has 0 heterocycles. The highest BCUT2D eigenvalue weighted by atomic mass is 14.2. The van der Waals surface area contributed by atoms with Gasteiger partial charge in [-0.15, -0.1) is 0 Å². The zero-order chi connectivity index (χ0) is 9.97. The number of allylic oxidation sites excluding steroid dienone is 2. The summed E-state index contributed by atoms with van der Waals surface area (Å²) in [7, 11) is 0. The van der Waals surface area contributed by atoms with Gasteiger partial charge < -0.3 is 0 Å². The lowest BCUT2D eigenvalue weighted by Gasteiger charge is -2.10. The summed E-state index contributed by atoms with van der Waals surface area (Å²) in [6.07, 6.45) is 5.20. The molecule has 0 N–H and O–H groups in total. The maximum Gasteiger partial charge on any atom is -0.0193 e. The number of hydrogen-bond donors (Lipinski definition) is 0. The second kappa shape index (κ2) is 4.00. The third-order valence-corrected chi connectivity index (χ3v) is 3.07. The van der Waals surface area contributed by atoms with Crippen LogP contribution in [0.25, 0.3) is 5.57 Å². The number of hydrogen-bond acceptors (Lipinski definition) is 0. The topological polar surface area (TPSA) is 0 Å². The third-order valence-electron chi connectivity index (χ3n) is 3.07. The van der Waals surface area contributed by atoms with Crippen LogP contribution in [0.2, 0.25) is 0 Å². The van der Waals surface area contributed by atoms with Crippen molar-refractivity contribution in [2.75, 3.05) is 0 Å². The SMILES string of the molecule is CC(C)=C1CCCCc2ccccc21. The van der Waals surface area contributed by atoms with Gasteiger partial charge in [-0.25, -0.2) is 0 Å². The Kier molecular flexibility index (Phi) is 2.72. The van der Waals surface area contributed by atoms with E-state index in [1.807, 2.05) is 0 Å². The monoisotopic (exact) mass is 186 g/mol. The van der Waals surface area contributed by atoms with E-state index in [1.54, 1.807) is 11.1 Å². The van der Waals surface area contributed by atoms with Gasteiger partial charge in [0.1, 0.15) is 0 Å². The van der Waals surface area contributed by atoms with Crippen LogP contribution in [0.15, 0.2) is 29.8 Å². The van der Waals surface area contributed by atoms with Gasteiger partial charge >= 0.3 is 0 Å². The average molecular weight is 186 g/mol. The number of aryl methyl sites for hydroxylation is 1. The predicted molar refractivity (Wildman–Crippen MR) is 62.3 cm³/mol. The molecule has 1 aliphatic carbocycles. The van der Waals surface area contributed by atoms with E-state index in [1.165, 1.54) is 36.8 Å². The smallest absolute Gasteiger partial charge is 0.0193 e. The van der Waals surface area contributed by atoms with Crippen LogP contribution in [0.1, 0.15) is 44.2 Å². The third kappa shape index (κ3) is 1.75. The van der Waals surface area contributed by atoms with Crippen LogP contribution < -0.4 is 0 Å². The molecule has 0 saturated carbocycles. The van der Waals surface area contributed by atoms with E-state index in [4.69, 9.17) is 0 Å². The fourth-order valence-corrected chi connectivity index (χ4v) is 2.30. The van der Waals surface area contributed by atoms with Crippen molar-refractivity contribution in [3.63, 3.8) is 0 Å². The Morgan fingerprint density at radius 1 is 1.00 bits per heavy atom. The molecule has 0 spiro atoms. The molecular weight excluding hydrogens is 168 g/mol. The van der Waals surface area contributed by atoms with Gasteiger partial charge in [-0.05, 0) is 56.2 Å². The highest BCUT2D eigenvalue weighted by molar-refractivity contribution is 5.71. The van der Waals surface area contributed by atoms with E-state index in [9.17, 15) is 0 Å². The Morgan fingerprint density at radius 2 is 1.71 bits per heavy atom. The summed E-state index contributed by atoms with van der Waals surface area (Å²) in [5.74, 6) is 0. The first-order valence-electron chi connectivity index (χ1n) is 5.53. The van der Waals surface area contributed by atoms with E-state index in [0.717, 1.165) is 0 Å². The zero-order valence-electron chi connectivity index (χ0n) is 9.14. The lowest BCUT2D eigenvalue weighted by molar-refractivity contribution is 0.770. The first-order chi connectivity index (χ1) is 6.79. The van der Waals surface area contributed by atoms with Gasteiger partial charge in [-0.1, -0.05) is 29.8 Å². The summed E-state index contributed by atoms with van der Waals surface area (Å²) in [5.41, 5.74) is 6.11. The Hall–Kier alpha value is -1.04. The highest BCUT2D eigenvalue weighted by Gasteiger charge is 2.12. The van der Waals surface area contributed by atoms with Gasteiger partial charge in [0.15, 0.2) is 0 Å². The second-order valence-corrected chi connectivity index (χ2v) is 4.34. The van der Waals surface area contributed by atoms with E-state index < -0.39 is 0 Å². The minimum absolute atomic E-state index is 1.26. The Bertz CT molecular complexity index is 354. The molecule has 0 radical (unpaired) electrons. The summed E-state index contributed by atoms with van der Waals surface area (Å²) in [6.45, 7) is 4.47. The standard InChI is InChI=1S/C14H18/c1-11(2)13-9-5-3-7-12-8-4-6-10-14(12)13/h4,6,8,10H,3,5,7,9H2,1-2H3. The second-order valence-electron chi connectivity index (χ2n) is 4.34. The fraction of sp³-hybridized carbons (Fsp3) is 0.429. The van der Waals surface area contributed by atoms with Crippen molar-refractivity contribution in [2.24, 2.45) is 0 Å². The number of fused-ring (bicyclic) bond motifs is 1. The van der Waals surface area contributed by atoms with Crippen molar-refractivity contribution in [1.82, 2.24) is 0 Å². The molecule has 2 rings (SSSR count). The Balaban J connectivity index is 2.53. The molecule has 0 heteroatoms. The summed E-state index contributed by atoms with van der Waals surface area (Å²) in [4.78, 5) is 0. The van der Waals surface area contributed by atoms with Crippen LogP contribution in [0.3, 0.4) is 0 Å². The van der Waals surface area contributed by atoms with Crippen molar-refractivity contribution < 1.29 is 0 Å². The van der Waals surface area contributed by atoms with Crippen LogP contribution in [-0.4, -0.2) is 0 Å². The molecule has 0 nitrogen and oxygen atoms in total. The van der Waals surface area contributed by atoms with Crippen molar-refractivity contribution in [1.29, 1.82) is 0 Å². The molecule has 1 aromatic carbocycles. The Labute approximate surface area is 86.7 Å². The minimum atomic E-state index is 1.26. The molecule has 0 aromatic heterocycles. The molecule has 0 fully saturated rings. The molecule has 1 aliphatic rings. The van der Waals surface area contributed by atoms with E-state index in [0.29, 0.717) is 0 Å². The summed E-state index contributed by atoms with van der Waals surface area (Å²) in [5, 5.41) is 0. The molecular formula is C14H18. The van der Waals surface area contributed by atoms with Crippen LogP contribution in [-0.2, 0) is 6.42 Å². The molecule has 0 saturated heterocycles. The zero-order valence-corrected chi connectivity index (χ0v) is 9.14. The lowest BCUT2D eigenvalue weighted by atomic mass is 9.95. The summed E-state index contributed by atoms with van der Waals surface area (Å²) >= 11 is 0. The summed E-state index contributed by atoms with van der Waals surface area (Å²) in [6, 6.07) is 8.88. The fourth-order valence-electron chi connectivity index (χ4n) is 2.30. The van der Waals surface area contributed by atoms with Gasteiger partial charge in [-0.2, -0.15) is 0 Å². The minimum Gasteiger partial charge on any atom is -0.0726 e. The van der Waals surface area contributed by atoms with Crippen molar-refractivity contribution in [2.45, 2.75) is 39.5 Å². The van der Waals surface area contributed by atoms with Gasteiger partial charge in [0, 0.05) is 0 Å². The van der Waals surface area contributed by atoms with Crippen molar-refractivity contribution in [3.8, 4) is 0 Å². The maximum atomic E-state index is 2.28. The molecule has 0 bridgehead atoms. The first kappa shape index (κ1) is 9.51. The van der Waals surface area contributed by atoms with Gasteiger partial charge in [0.05, 0.1) is 0 Å². The van der Waals surface area contributed by atoms with E-state index in [-0.39, 0.29) is 0 Å². The van der Waals surface area contributed by atoms with Crippen molar-refractivity contribution in [3.05, 3.63) is 41.0 Å². The molecule has 14 heavy (non-hydrogen) atoms. The van der Waals surface area contributed by atoms with Gasteiger partial charge in [0.2, 0.25) is 0 Å². The lowest BCUT2D eigenvalue weighted by Crippen LogP contribution is -1.90. The van der Waals surface area contributed by atoms with E-state index >= 15 is 0 Å². The average Bonchev–Trinajstić information content (AvgIpc) is 2.39. The molecule has 0 atom stereocenters. The van der Waals surface area contributed by atoms with Gasteiger partial charge in [0.25, 0.3) is 0 Å². The molecule has 0 aliphatic heterocycles. The molecule has 0 amide bonds. The maximum absolute atomic E-state index is 2.28. The van der Waals surface area contributed by atoms with Crippen molar-refractivity contribution >= 4 is 5.57 Å². The van der Waals surface area contributed by atoms with E-state index in [2.05, 4.69) is 38.1 Å². The van der Waals surface area contributed by atoms with Crippen LogP contribution in [0, 0.1) is 0 Å². The number of rotatable bonds is 0. The highest BCUT2D eigenvalue weighted by Crippen LogP contribution is 2.31. The molecule has 0 unspecified atom stereocenters. The Morgan fingerprint density at radius 3 is 2.50 bits per heavy atom. The molecule has 74 valence electrons. The summed E-state index contributed by atoms with van der Waals surface area (Å²) < 4.78 is 0. The first-order valence-corrected chi connectivity index (χ1v) is 5.53. The molecule has 1 aromatic rings. The normalized spacial score (nSPS) is 16.0. The van der Waals surface area contributed by atoms with Crippen LogP contribution >= 0.6 is 0 Å².